The number of nitrogens with one attached hydrogen (secondary N) is 1. The number of benzene rings is 1. The van der Waals surface area contributed by atoms with Crippen molar-refractivity contribution < 1.29 is 19.4 Å². The van der Waals surface area contributed by atoms with Gasteiger partial charge >= 0.3 is 11.9 Å². The van der Waals surface area contributed by atoms with E-state index in [0.29, 0.717) is 6.61 Å². The Bertz CT molecular complexity index is 623. The van der Waals surface area contributed by atoms with Crippen LogP contribution in [0.25, 0.3) is 0 Å². The highest BCUT2D eigenvalue weighted by atomic mass is 16.5. The molecule has 110 valence electrons. The standard InChI is InChI=1S/C16H17NO4/c1-2-21-16(20)14-11-5-3-4-10(11)12-8-9(15(18)19)6-7-13(12)17-14/h3-4,6-8,10-11,14,17H,2,5H2,1H3,(H,18,19)/t10-,11-,14-/m0/s1. The van der Waals surface area contributed by atoms with E-state index in [9.17, 15) is 9.59 Å². The van der Waals surface area contributed by atoms with Crippen LogP contribution in [0.15, 0.2) is 30.4 Å². The molecule has 0 unspecified atom stereocenters. The van der Waals surface area contributed by atoms with E-state index in [1.54, 1.807) is 25.1 Å². The molecule has 3 rings (SSSR count). The molecule has 0 aromatic heterocycles. The van der Waals surface area contributed by atoms with Crippen molar-refractivity contribution in [3.05, 3.63) is 41.5 Å². The molecule has 1 aliphatic carbocycles. The molecule has 0 spiro atoms. The topological polar surface area (TPSA) is 75.6 Å². The molecule has 0 radical (unpaired) electrons. The van der Waals surface area contributed by atoms with E-state index in [-0.39, 0.29) is 29.4 Å². The van der Waals surface area contributed by atoms with Crippen LogP contribution in [-0.2, 0) is 9.53 Å². The fourth-order valence-corrected chi connectivity index (χ4v) is 3.19. The van der Waals surface area contributed by atoms with Gasteiger partial charge in [0, 0.05) is 17.5 Å². The lowest BCUT2D eigenvalue weighted by atomic mass is 9.79. The number of esters is 1. The van der Waals surface area contributed by atoms with Crippen LogP contribution in [0, 0.1) is 5.92 Å². The minimum absolute atomic E-state index is 0.0648. The molecule has 5 nitrogen and oxygen atoms in total. The first kappa shape index (κ1) is 13.7. The summed E-state index contributed by atoms with van der Waals surface area (Å²) < 4.78 is 5.14. The molecule has 0 bridgehead atoms. The average molecular weight is 287 g/mol. The largest absolute Gasteiger partial charge is 0.478 e. The zero-order valence-corrected chi connectivity index (χ0v) is 11.7. The van der Waals surface area contributed by atoms with Gasteiger partial charge in [0.15, 0.2) is 0 Å². The van der Waals surface area contributed by atoms with E-state index in [4.69, 9.17) is 9.84 Å². The number of ether oxygens (including phenoxy) is 1. The van der Waals surface area contributed by atoms with Crippen LogP contribution in [0.2, 0.25) is 0 Å². The van der Waals surface area contributed by atoms with Crippen LogP contribution < -0.4 is 5.32 Å². The maximum atomic E-state index is 12.1. The van der Waals surface area contributed by atoms with Crippen LogP contribution in [-0.4, -0.2) is 29.7 Å². The number of carboxylic acid groups (broad SMARTS) is 1. The van der Waals surface area contributed by atoms with Crippen LogP contribution in [0.4, 0.5) is 5.69 Å². The zero-order chi connectivity index (χ0) is 15.0. The molecule has 3 atom stereocenters. The normalized spacial score (nSPS) is 25.7. The third kappa shape index (κ3) is 2.28. The monoisotopic (exact) mass is 287 g/mol. The summed E-state index contributed by atoms with van der Waals surface area (Å²) in [6.07, 6.45) is 4.89. The quantitative estimate of drug-likeness (QED) is 0.659. The molecule has 2 aliphatic rings. The third-order valence-corrected chi connectivity index (χ3v) is 4.15. The van der Waals surface area contributed by atoms with E-state index in [2.05, 4.69) is 11.4 Å². The first-order valence-electron chi connectivity index (χ1n) is 7.09. The number of hydrogen-bond donors (Lipinski definition) is 2. The van der Waals surface area contributed by atoms with Crippen molar-refractivity contribution in [3.8, 4) is 0 Å². The highest BCUT2D eigenvalue weighted by Gasteiger charge is 2.41. The number of carbonyl (C=O) groups excluding carboxylic acids is 1. The van der Waals surface area contributed by atoms with Crippen LogP contribution in [0.1, 0.15) is 35.2 Å². The fraction of sp³-hybridized carbons (Fsp3) is 0.375. The second-order valence-electron chi connectivity index (χ2n) is 5.33. The van der Waals surface area contributed by atoms with Crippen molar-refractivity contribution in [2.24, 2.45) is 5.92 Å². The van der Waals surface area contributed by atoms with Crippen molar-refractivity contribution >= 4 is 17.6 Å². The van der Waals surface area contributed by atoms with E-state index in [1.165, 1.54) is 0 Å². The van der Waals surface area contributed by atoms with Gasteiger partial charge in [-0.1, -0.05) is 12.2 Å². The number of carboxylic acids is 1. The lowest BCUT2D eigenvalue weighted by Gasteiger charge is -2.35. The zero-order valence-electron chi connectivity index (χ0n) is 11.7. The van der Waals surface area contributed by atoms with Gasteiger partial charge in [-0.05, 0) is 37.1 Å². The third-order valence-electron chi connectivity index (χ3n) is 4.15. The molecular weight excluding hydrogens is 270 g/mol. The Morgan fingerprint density at radius 3 is 2.95 bits per heavy atom. The predicted molar refractivity (Wildman–Crippen MR) is 77.4 cm³/mol. The molecule has 1 aromatic carbocycles. The SMILES string of the molecule is CCOC(=O)[C@H]1Nc2ccc(C(=O)O)cc2[C@H]2C=CC[C@H]12. The number of allylic oxidation sites excluding steroid dienone is 2. The predicted octanol–water partition coefficient (Wildman–Crippen LogP) is 2.40. The van der Waals surface area contributed by atoms with Gasteiger partial charge in [0.2, 0.25) is 0 Å². The van der Waals surface area contributed by atoms with Crippen LogP contribution >= 0.6 is 0 Å². The summed E-state index contributed by atoms with van der Waals surface area (Å²) in [5.74, 6) is -1.04. The number of fused-ring (bicyclic) bond motifs is 3. The van der Waals surface area contributed by atoms with Gasteiger partial charge in [0.1, 0.15) is 6.04 Å². The van der Waals surface area contributed by atoms with Crippen molar-refractivity contribution in [1.82, 2.24) is 0 Å². The molecule has 0 saturated heterocycles. The Morgan fingerprint density at radius 2 is 2.24 bits per heavy atom. The molecule has 1 heterocycles. The number of aromatic carboxylic acids is 1. The maximum Gasteiger partial charge on any atom is 0.335 e. The van der Waals surface area contributed by atoms with Crippen molar-refractivity contribution in [1.29, 1.82) is 0 Å². The molecule has 0 saturated carbocycles. The average Bonchev–Trinajstić information content (AvgIpc) is 2.95. The summed E-state index contributed by atoms with van der Waals surface area (Å²) in [6, 6.07) is 4.59. The number of carbonyl (C=O) groups is 2. The van der Waals surface area contributed by atoms with E-state index < -0.39 is 5.97 Å². The fourth-order valence-electron chi connectivity index (χ4n) is 3.19. The van der Waals surface area contributed by atoms with Crippen LogP contribution in [0.3, 0.4) is 0 Å². The summed E-state index contributed by atoms with van der Waals surface area (Å²) in [6.45, 7) is 2.14. The van der Waals surface area contributed by atoms with E-state index in [0.717, 1.165) is 17.7 Å². The molecular formula is C16H17NO4. The van der Waals surface area contributed by atoms with Gasteiger partial charge in [-0.15, -0.1) is 0 Å². The second-order valence-corrected chi connectivity index (χ2v) is 5.33. The Hall–Kier alpha value is -2.30. The minimum Gasteiger partial charge on any atom is -0.478 e. The maximum absolute atomic E-state index is 12.1. The first-order chi connectivity index (χ1) is 10.1. The minimum atomic E-state index is -0.941. The number of hydrogen-bond acceptors (Lipinski definition) is 4. The van der Waals surface area contributed by atoms with Crippen LogP contribution in [0.5, 0.6) is 0 Å². The Kier molecular flexibility index (Phi) is 3.41. The molecule has 2 N–H and O–H groups in total. The smallest absolute Gasteiger partial charge is 0.335 e. The van der Waals surface area contributed by atoms with E-state index in [1.807, 2.05) is 6.08 Å². The molecule has 0 amide bonds. The Morgan fingerprint density at radius 1 is 1.43 bits per heavy atom. The van der Waals surface area contributed by atoms with Crippen molar-refractivity contribution in [2.75, 3.05) is 11.9 Å². The Balaban J connectivity index is 1.98. The van der Waals surface area contributed by atoms with Gasteiger partial charge in [0.05, 0.1) is 12.2 Å². The lowest BCUT2D eigenvalue weighted by Crippen LogP contribution is -2.43. The summed E-state index contributed by atoms with van der Waals surface area (Å²) in [7, 11) is 0. The summed E-state index contributed by atoms with van der Waals surface area (Å²) in [5.41, 5.74) is 2.02. The van der Waals surface area contributed by atoms with Gasteiger partial charge in [-0.3, -0.25) is 0 Å². The van der Waals surface area contributed by atoms with Gasteiger partial charge in [-0.25, -0.2) is 9.59 Å². The highest BCUT2D eigenvalue weighted by Crippen LogP contribution is 2.45. The molecule has 21 heavy (non-hydrogen) atoms. The summed E-state index contributed by atoms with van der Waals surface area (Å²) in [5, 5.41) is 12.3. The lowest BCUT2D eigenvalue weighted by molar-refractivity contribution is -0.145. The molecule has 1 aliphatic heterocycles. The second kappa shape index (κ2) is 5.24. The van der Waals surface area contributed by atoms with E-state index >= 15 is 0 Å². The summed E-state index contributed by atoms with van der Waals surface area (Å²) in [4.78, 5) is 23.2. The van der Waals surface area contributed by atoms with Crippen molar-refractivity contribution in [2.45, 2.75) is 25.3 Å². The summed E-state index contributed by atoms with van der Waals surface area (Å²) >= 11 is 0. The molecule has 1 aromatic rings. The molecule has 0 fully saturated rings. The Labute approximate surface area is 122 Å². The number of rotatable bonds is 3. The van der Waals surface area contributed by atoms with Crippen molar-refractivity contribution in [3.63, 3.8) is 0 Å². The highest BCUT2D eigenvalue weighted by molar-refractivity contribution is 5.89. The van der Waals surface area contributed by atoms with Gasteiger partial charge in [-0.2, -0.15) is 0 Å². The number of anilines is 1. The first-order valence-corrected chi connectivity index (χ1v) is 7.09. The molecule has 5 heteroatoms. The van der Waals surface area contributed by atoms with Gasteiger partial charge in [0.25, 0.3) is 0 Å². The van der Waals surface area contributed by atoms with Gasteiger partial charge < -0.3 is 15.2 Å².